The number of hydrogen-bond acceptors (Lipinski definition) is 23. The molecule has 0 aromatic rings. The largest absolute Gasteiger partial charge is 0.399 e. The zero-order valence-electron chi connectivity index (χ0n) is 25.1. The van der Waals surface area contributed by atoms with Crippen LogP contribution in [0.4, 0.5) is 0 Å². The van der Waals surface area contributed by atoms with Crippen molar-refractivity contribution in [1.82, 2.24) is 0 Å². The zero-order valence-corrected chi connectivity index (χ0v) is 25.9. The third kappa shape index (κ3) is 8.83. The van der Waals surface area contributed by atoms with Crippen molar-refractivity contribution in [1.29, 1.82) is 0 Å². The second-order valence-corrected chi connectivity index (χ2v) is 12.7. The first-order valence-corrected chi connectivity index (χ1v) is 16.1. The molecule has 4 fully saturated rings. The Morgan fingerprint density at radius 3 is 1.02 bits per heavy atom. The molecule has 20 atom stereocenters. The summed E-state index contributed by atoms with van der Waals surface area (Å²) >= 11 is 0. The summed E-state index contributed by atoms with van der Waals surface area (Å²) in [5, 5.41) is 133. The summed E-state index contributed by atoms with van der Waals surface area (Å²) in [6.45, 7) is -3.73. The van der Waals surface area contributed by atoms with Crippen molar-refractivity contribution >= 4 is 10.4 Å². The van der Waals surface area contributed by atoms with Crippen LogP contribution in [-0.2, 0) is 47.7 Å². The van der Waals surface area contributed by atoms with E-state index >= 15 is 0 Å². The molecule has 4 saturated heterocycles. The van der Waals surface area contributed by atoms with Gasteiger partial charge < -0.3 is 99.5 Å². The van der Waals surface area contributed by atoms with Crippen LogP contribution in [0.3, 0.4) is 0 Å². The molecular formula is C24H42O24S. The van der Waals surface area contributed by atoms with Gasteiger partial charge in [0, 0.05) is 0 Å². The average molecular weight is 747 g/mol. The molecule has 4 aliphatic rings. The second kappa shape index (κ2) is 16.8. The van der Waals surface area contributed by atoms with Gasteiger partial charge in [-0.25, -0.2) is 4.18 Å². The van der Waals surface area contributed by atoms with Gasteiger partial charge in [0.15, 0.2) is 18.9 Å². The Hall–Kier alpha value is -0.930. The van der Waals surface area contributed by atoms with Crippen LogP contribution in [0.25, 0.3) is 0 Å². The van der Waals surface area contributed by atoms with Gasteiger partial charge in [-0.05, 0) is 0 Å². The van der Waals surface area contributed by atoms with Crippen LogP contribution < -0.4 is 0 Å². The van der Waals surface area contributed by atoms with Gasteiger partial charge >= 0.3 is 10.4 Å². The molecule has 0 amide bonds. The Morgan fingerprint density at radius 1 is 0.408 bits per heavy atom. The lowest BCUT2D eigenvalue weighted by molar-refractivity contribution is -0.387. The van der Waals surface area contributed by atoms with Crippen LogP contribution in [0, 0.1) is 0 Å². The van der Waals surface area contributed by atoms with E-state index in [2.05, 4.69) is 4.18 Å². The molecule has 0 saturated carbocycles. The van der Waals surface area contributed by atoms with Crippen LogP contribution in [0.5, 0.6) is 0 Å². The quantitative estimate of drug-likeness (QED) is 0.0824. The summed E-state index contributed by atoms with van der Waals surface area (Å²) in [5.41, 5.74) is 0. The molecule has 0 unspecified atom stereocenters. The predicted molar refractivity (Wildman–Crippen MR) is 144 cm³/mol. The fourth-order valence-electron chi connectivity index (χ4n) is 5.73. The molecule has 14 N–H and O–H groups in total. The molecule has 0 aromatic carbocycles. The minimum Gasteiger partial charge on any atom is -0.394 e. The van der Waals surface area contributed by atoms with E-state index in [4.69, 9.17) is 37.7 Å². The lowest BCUT2D eigenvalue weighted by atomic mass is 9.95. The van der Waals surface area contributed by atoms with Crippen LogP contribution in [0.2, 0.25) is 0 Å². The van der Waals surface area contributed by atoms with E-state index < -0.39 is 160 Å². The maximum Gasteiger partial charge on any atom is 0.399 e. The molecule has 0 bridgehead atoms. The molecule has 0 radical (unpaired) electrons. The highest BCUT2D eigenvalue weighted by Gasteiger charge is 2.55. The lowest BCUT2D eigenvalue weighted by Gasteiger charge is -2.49. The van der Waals surface area contributed by atoms with Gasteiger partial charge in [-0.3, -0.25) is 4.55 Å². The van der Waals surface area contributed by atoms with Crippen LogP contribution >= 0.6 is 0 Å². The van der Waals surface area contributed by atoms with Crippen molar-refractivity contribution < 1.29 is 117 Å². The van der Waals surface area contributed by atoms with Gasteiger partial charge in [-0.2, -0.15) is 8.42 Å². The summed E-state index contributed by atoms with van der Waals surface area (Å²) in [4.78, 5) is 0. The monoisotopic (exact) mass is 746 g/mol. The Balaban J connectivity index is 1.43. The average Bonchev–Trinajstić information content (AvgIpc) is 3.06. The second-order valence-electron chi connectivity index (χ2n) is 11.6. The van der Waals surface area contributed by atoms with E-state index in [9.17, 15) is 74.8 Å². The summed E-state index contributed by atoms with van der Waals surface area (Å²) in [5.74, 6) is 0. The molecule has 49 heavy (non-hydrogen) atoms. The topological polar surface area (TPSA) is 391 Å². The number of aliphatic hydroxyl groups is 13. The van der Waals surface area contributed by atoms with E-state index in [1.807, 2.05) is 0 Å². The summed E-state index contributed by atoms with van der Waals surface area (Å²) in [6.07, 6.45) is -37.6. The summed E-state index contributed by atoms with van der Waals surface area (Å²) in [7, 11) is -5.20. The SMILES string of the molecule is O=S(=O)(O)O[C@H]1O[C@H](CO)[C@@H](O[C@H]2O[C@H](CO)[C@@H](O[C@H]3O[C@H](CO)[C@@H](O[C@H]4O[C@H](CO)[C@@H](O)[C@H](O)[C@H]4O)[C@H](O)[C@H]3O)[C@H](O)[C@H]2O)[C@H](O)[C@H]1O. The number of aliphatic hydroxyl groups excluding tert-OH is 13. The zero-order chi connectivity index (χ0) is 36.5. The fourth-order valence-corrected chi connectivity index (χ4v) is 6.13. The van der Waals surface area contributed by atoms with Gasteiger partial charge in [-0.1, -0.05) is 0 Å². The van der Waals surface area contributed by atoms with Crippen molar-refractivity contribution in [2.45, 2.75) is 123 Å². The molecule has 288 valence electrons. The summed E-state index contributed by atoms with van der Waals surface area (Å²) in [6, 6.07) is 0. The van der Waals surface area contributed by atoms with Gasteiger partial charge in [0.1, 0.15) is 97.7 Å². The van der Waals surface area contributed by atoms with Crippen molar-refractivity contribution in [3.8, 4) is 0 Å². The van der Waals surface area contributed by atoms with E-state index in [1.54, 1.807) is 0 Å². The normalized spacial score (nSPS) is 49.9. The van der Waals surface area contributed by atoms with Crippen molar-refractivity contribution in [2.75, 3.05) is 26.4 Å². The molecule has 4 aliphatic heterocycles. The first-order chi connectivity index (χ1) is 23.0. The highest BCUT2D eigenvalue weighted by molar-refractivity contribution is 7.80. The first-order valence-electron chi connectivity index (χ1n) is 14.8. The van der Waals surface area contributed by atoms with Gasteiger partial charge in [0.25, 0.3) is 0 Å². The van der Waals surface area contributed by atoms with Crippen molar-refractivity contribution in [2.24, 2.45) is 0 Å². The Labute approximate surface area is 276 Å². The predicted octanol–water partition coefficient (Wildman–Crippen LogP) is -9.92. The van der Waals surface area contributed by atoms with Crippen LogP contribution in [-0.4, -0.2) is 229 Å². The van der Waals surface area contributed by atoms with Crippen molar-refractivity contribution in [3.05, 3.63) is 0 Å². The maximum absolute atomic E-state index is 11.0. The van der Waals surface area contributed by atoms with Crippen LogP contribution in [0.1, 0.15) is 0 Å². The van der Waals surface area contributed by atoms with E-state index in [0.29, 0.717) is 0 Å². The molecule has 4 heterocycles. The molecule has 0 aliphatic carbocycles. The number of hydrogen-bond donors (Lipinski definition) is 14. The van der Waals surface area contributed by atoms with Crippen molar-refractivity contribution in [3.63, 3.8) is 0 Å². The molecular weight excluding hydrogens is 704 g/mol. The Bertz CT molecular complexity index is 1140. The molecule has 4 rings (SSSR count). The highest BCUT2D eigenvalue weighted by atomic mass is 32.3. The van der Waals surface area contributed by atoms with E-state index in [1.165, 1.54) is 0 Å². The third-order valence-corrected chi connectivity index (χ3v) is 8.83. The van der Waals surface area contributed by atoms with Gasteiger partial charge in [0.2, 0.25) is 6.29 Å². The number of rotatable bonds is 12. The van der Waals surface area contributed by atoms with Crippen LogP contribution in [0.15, 0.2) is 0 Å². The first kappa shape index (κ1) is 40.8. The molecule has 0 spiro atoms. The smallest absolute Gasteiger partial charge is 0.394 e. The van der Waals surface area contributed by atoms with E-state index in [0.717, 1.165) is 0 Å². The third-order valence-electron chi connectivity index (χ3n) is 8.40. The van der Waals surface area contributed by atoms with Gasteiger partial charge in [0.05, 0.1) is 26.4 Å². The van der Waals surface area contributed by atoms with E-state index in [-0.39, 0.29) is 0 Å². The van der Waals surface area contributed by atoms with Gasteiger partial charge in [-0.15, -0.1) is 0 Å². The molecule has 24 nitrogen and oxygen atoms in total. The fraction of sp³-hybridized carbons (Fsp3) is 1.00. The number of ether oxygens (including phenoxy) is 7. The Morgan fingerprint density at radius 2 is 0.694 bits per heavy atom. The maximum atomic E-state index is 11.0. The summed E-state index contributed by atoms with van der Waals surface area (Å²) < 4.78 is 72.8. The highest BCUT2D eigenvalue weighted by Crippen LogP contribution is 2.34. The Kier molecular flexibility index (Phi) is 14.0. The minimum absolute atomic E-state index is 0.808. The minimum atomic E-state index is -5.20. The lowest BCUT2D eigenvalue weighted by Crippen LogP contribution is -2.67. The molecule has 25 heteroatoms. The standard InChI is InChI=1S/C24H42O24S/c25-1-5-9(29)10(30)14(34)21(41-5)45-18-6(2-26)42-22(15(35)11(18)31)46-19-7(3-27)43-23(16(36)12(19)32)47-20-8(4-28)44-24(17(37)13(20)33)48-49(38,39)40/h5-37H,1-4H2,(H,38,39,40)/t5-,6-,7-,8-,9-,10+,11-,12-,13-,14-,15-,16-,17-,18-,19-,20-,21-,22-,23-,24-/m1/s1. The molecule has 0 aromatic heterocycles.